The summed E-state index contributed by atoms with van der Waals surface area (Å²) in [5.41, 5.74) is 3.02. The van der Waals surface area contributed by atoms with Gasteiger partial charge in [-0.15, -0.1) is 10.2 Å². The summed E-state index contributed by atoms with van der Waals surface area (Å²) in [6.45, 7) is 2.21. The Labute approximate surface area is 170 Å². The number of nitrogens with one attached hydrogen (secondary N) is 1. The molecule has 1 unspecified atom stereocenters. The van der Waals surface area contributed by atoms with Crippen LogP contribution in [0, 0.1) is 0 Å². The number of hydrogen-bond acceptors (Lipinski definition) is 8. The number of nitrogens with zero attached hydrogens (tertiary/aromatic N) is 3. The molecule has 1 N–H and O–H groups in total. The van der Waals surface area contributed by atoms with Crippen molar-refractivity contribution in [2.24, 2.45) is 0 Å². The first-order valence-corrected chi connectivity index (χ1v) is 10.1. The number of ether oxygens (including phenoxy) is 3. The monoisotopic (exact) mass is 414 g/mol. The number of hydrogen-bond donors (Lipinski definition) is 1. The summed E-state index contributed by atoms with van der Waals surface area (Å²) in [6.07, 6.45) is -0.583. The molecule has 0 fully saturated rings. The highest BCUT2D eigenvalue weighted by Crippen LogP contribution is 2.44. The van der Waals surface area contributed by atoms with Crippen LogP contribution in [0.1, 0.15) is 18.7 Å². The van der Waals surface area contributed by atoms with Gasteiger partial charge in [-0.1, -0.05) is 48.5 Å². The number of benzene rings is 2. The Morgan fingerprint density at radius 2 is 2.00 bits per heavy atom. The predicted molar refractivity (Wildman–Crippen MR) is 106 cm³/mol. The maximum atomic E-state index is 6.52. The first kappa shape index (κ1) is 17.4. The van der Waals surface area contributed by atoms with Crippen molar-refractivity contribution in [3.05, 3.63) is 47.0 Å². The first-order chi connectivity index (χ1) is 13.7. The van der Waals surface area contributed by atoms with Gasteiger partial charge in [0.05, 0.1) is 5.02 Å². The Balaban J connectivity index is 1.63. The Morgan fingerprint density at radius 1 is 1.18 bits per heavy atom. The zero-order valence-corrected chi connectivity index (χ0v) is 16.4. The number of halogens is 1. The van der Waals surface area contributed by atoms with Gasteiger partial charge in [0.15, 0.2) is 23.4 Å². The average molecular weight is 415 g/mol. The second-order valence-corrected chi connectivity index (χ2v) is 7.73. The molecule has 0 aliphatic carbocycles. The fourth-order valence-corrected chi connectivity index (χ4v) is 3.87. The van der Waals surface area contributed by atoms with E-state index in [9.17, 15) is 0 Å². The molecule has 0 amide bonds. The summed E-state index contributed by atoms with van der Waals surface area (Å²) < 4.78 is 17.1. The van der Waals surface area contributed by atoms with E-state index in [4.69, 9.17) is 25.8 Å². The van der Waals surface area contributed by atoms with E-state index in [0.29, 0.717) is 33.3 Å². The Morgan fingerprint density at radius 3 is 2.86 bits per heavy atom. The second-order valence-electron chi connectivity index (χ2n) is 6.10. The van der Waals surface area contributed by atoms with E-state index in [1.165, 1.54) is 11.8 Å². The molecule has 2 aromatic carbocycles. The molecule has 9 heteroatoms. The second kappa shape index (κ2) is 7.03. The third kappa shape index (κ3) is 2.98. The molecule has 2 aliphatic heterocycles. The molecule has 28 heavy (non-hydrogen) atoms. The van der Waals surface area contributed by atoms with Crippen molar-refractivity contribution in [1.29, 1.82) is 0 Å². The molecule has 3 heterocycles. The Hall–Kier alpha value is -2.71. The molecule has 142 valence electrons. The maximum Gasteiger partial charge on any atom is 0.247 e. The van der Waals surface area contributed by atoms with Crippen molar-refractivity contribution in [2.45, 2.75) is 18.3 Å². The number of fused-ring (bicyclic) bond motifs is 4. The van der Waals surface area contributed by atoms with Gasteiger partial charge in [-0.25, -0.2) is 0 Å². The first-order valence-electron chi connectivity index (χ1n) is 8.72. The van der Waals surface area contributed by atoms with Gasteiger partial charge in [0.1, 0.15) is 0 Å². The van der Waals surface area contributed by atoms with E-state index < -0.39 is 6.23 Å². The molecule has 0 saturated heterocycles. The molecule has 0 saturated carbocycles. The normalized spacial score (nSPS) is 16.4. The molecule has 1 atom stereocenters. The highest BCUT2D eigenvalue weighted by atomic mass is 35.5. The largest absolute Gasteiger partial charge is 0.454 e. The van der Waals surface area contributed by atoms with Crippen molar-refractivity contribution >= 4 is 29.1 Å². The van der Waals surface area contributed by atoms with Gasteiger partial charge in [-0.2, -0.15) is 4.98 Å². The van der Waals surface area contributed by atoms with Gasteiger partial charge < -0.3 is 19.5 Å². The van der Waals surface area contributed by atoms with Crippen LogP contribution in [0.2, 0.25) is 5.02 Å². The Bertz CT molecular complexity index is 1070. The van der Waals surface area contributed by atoms with Gasteiger partial charge in [0, 0.05) is 22.9 Å². The zero-order chi connectivity index (χ0) is 19.1. The number of rotatable bonds is 3. The van der Waals surface area contributed by atoms with Gasteiger partial charge in [0.2, 0.25) is 17.8 Å². The standard InChI is InChI=1S/C19H15ClN4O3S/c1-2-28-19-22-18-16(23-24-19)10-5-3-4-6-13(10)21-17(27-18)11-7-14-15(8-12(11)20)26-9-25-14/h3-8,17,21H,2,9H2,1H3. The summed E-state index contributed by atoms with van der Waals surface area (Å²) in [7, 11) is 0. The Kier molecular flexibility index (Phi) is 4.37. The van der Waals surface area contributed by atoms with Crippen LogP contribution in [0.5, 0.6) is 17.4 Å². The minimum atomic E-state index is -0.583. The van der Waals surface area contributed by atoms with Crippen LogP contribution in [-0.4, -0.2) is 27.7 Å². The lowest BCUT2D eigenvalue weighted by molar-refractivity contribution is 0.173. The van der Waals surface area contributed by atoms with E-state index in [1.807, 2.05) is 37.3 Å². The predicted octanol–water partition coefficient (Wildman–Crippen LogP) is 4.54. The average Bonchev–Trinajstić information content (AvgIpc) is 3.08. The van der Waals surface area contributed by atoms with Crippen molar-refractivity contribution in [2.75, 3.05) is 17.9 Å². The van der Waals surface area contributed by atoms with Crippen LogP contribution in [-0.2, 0) is 0 Å². The van der Waals surface area contributed by atoms with Crippen LogP contribution < -0.4 is 19.5 Å². The lowest BCUT2D eigenvalue weighted by Crippen LogP contribution is -2.17. The quantitative estimate of drug-likeness (QED) is 0.626. The number of para-hydroxylation sites is 1. The molecular formula is C19H15ClN4O3S. The molecular weight excluding hydrogens is 400 g/mol. The fourth-order valence-electron chi connectivity index (χ4n) is 3.11. The van der Waals surface area contributed by atoms with E-state index in [-0.39, 0.29) is 6.79 Å². The minimum Gasteiger partial charge on any atom is -0.454 e. The van der Waals surface area contributed by atoms with Crippen LogP contribution in [0.15, 0.2) is 41.6 Å². The molecule has 0 radical (unpaired) electrons. The van der Waals surface area contributed by atoms with E-state index >= 15 is 0 Å². The summed E-state index contributed by atoms with van der Waals surface area (Å²) in [5.74, 6) is 2.49. The van der Waals surface area contributed by atoms with Gasteiger partial charge in [0.25, 0.3) is 0 Å². The lowest BCUT2D eigenvalue weighted by atomic mass is 10.1. The van der Waals surface area contributed by atoms with Gasteiger partial charge in [-0.05, 0) is 17.9 Å². The minimum absolute atomic E-state index is 0.175. The van der Waals surface area contributed by atoms with E-state index in [2.05, 4.69) is 20.5 Å². The van der Waals surface area contributed by atoms with E-state index in [0.717, 1.165) is 22.6 Å². The SMILES string of the molecule is CCSc1nnc2c(n1)OC(c1cc3c(cc1Cl)OCO3)Nc1ccccc1-2. The number of aromatic nitrogens is 3. The maximum absolute atomic E-state index is 6.52. The van der Waals surface area contributed by atoms with E-state index in [1.54, 1.807) is 6.07 Å². The third-order valence-corrected chi connectivity index (χ3v) is 5.43. The number of thioether (sulfide) groups is 1. The molecule has 7 nitrogen and oxygen atoms in total. The molecule has 0 spiro atoms. The van der Waals surface area contributed by atoms with Crippen molar-refractivity contribution in [1.82, 2.24) is 15.2 Å². The highest BCUT2D eigenvalue weighted by Gasteiger charge is 2.29. The lowest BCUT2D eigenvalue weighted by Gasteiger charge is -2.20. The fraction of sp³-hybridized carbons (Fsp3) is 0.211. The molecule has 5 rings (SSSR count). The van der Waals surface area contributed by atoms with Crippen LogP contribution >= 0.6 is 23.4 Å². The summed E-state index contributed by atoms with van der Waals surface area (Å²) in [5, 5.41) is 13.0. The molecule has 3 aromatic rings. The topological polar surface area (TPSA) is 78.4 Å². The summed E-state index contributed by atoms with van der Waals surface area (Å²) in [4.78, 5) is 4.57. The van der Waals surface area contributed by atoms with Crippen molar-refractivity contribution in [3.63, 3.8) is 0 Å². The molecule has 2 aliphatic rings. The van der Waals surface area contributed by atoms with Crippen LogP contribution in [0.25, 0.3) is 11.3 Å². The van der Waals surface area contributed by atoms with Crippen LogP contribution in [0.3, 0.4) is 0 Å². The summed E-state index contributed by atoms with van der Waals surface area (Å²) >= 11 is 8.03. The van der Waals surface area contributed by atoms with Gasteiger partial charge >= 0.3 is 0 Å². The zero-order valence-electron chi connectivity index (χ0n) is 14.8. The van der Waals surface area contributed by atoms with Crippen LogP contribution in [0.4, 0.5) is 5.69 Å². The smallest absolute Gasteiger partial charge is 0.247 e. The highest BCUT2D eigenvalue weighted by molar-refractivity contribution is 7.99. The van der Waals surface area contributed by atoms with Crippen molar-refractivity contribution < 1.29 is 14.2 Å². The molecule has 1 aromatic heterocycles. The third-order valence-electron chi connectivity index (χ3n) is 4.38. The molecule has 0 bridgehead atoms. The van der Waals surface area contributed by atoms with Gasteiger partial charge in [-0.3, -0.25) is 0 Å². The summed E-state index contributed by atoms with van der Waals surface area (Å²) in [6, 6.07) is 11.4. The van der Waals surface area contributed by atoms with Crippen molar-refractivity contribution in [3.8, 4) is 28.6 Å². The number of anilines is 1.